The summed E-state index contributed by atoms with van der Waals surface area (Å²) >= 11 is 0. The smallest absolute Gasteiger partial charge is 0.156 e. The lowest BCUT2D eigenvalue weighted by Gasteiger charge is -2.10. The quantitative estimate of drug-likeness (QED) is 0.424. The van der Waals surface area contributed by atoms with Gasteiger partial charge in [-0.05, 0) is 12.2 Å². The predicted molar refractivity (Wildman–Crippen MR) is 45.8 cm³/mol. The van der Waals surface area contributed by atoms with Crippen molar-refractivity contribution in [1.29, 1.82) is 5.41 Å². The van der Waals surface area contributed by atoms with E-state index in [1.807, 2.05) is 0 Å². The Bertz CT molecular complexity index is 277. The molecule has 1 heterocycles. The zero-order chi connectivity index (χ0) is 8.97. The van der Waals surface area contributed by atoms with E-state index in [9.17, 15) is 0 Å². The highest BCUT2D eigenvalue weighted by Crippen LogP contribution is 2.08. The first kappa shape index (κ1) is 8.39. The first-order chi connectivity index (χ1) is 5.77. The van der Waals surface area contributed by atoms with Crippen molar-refractivity contribution in [3.63, 3.8) is 0 Å². The van der Waals surface area contributed by atoms with Gasteiger partial charge in [-0.2, -0.15) is 0 Å². The van der Waals surface area contributed by atoms with E-state index in [0.29, 0.717) is 11.5 Å². The molecule has 0 unspecified atom stereocenters. The third-order valence-electron chi connectivity index (χ3n) is 1.43. The average molecular weight is 166 g/mol. The number of nitrogens with one attached hydrogen (secondary N) is 2. The molecule has 0 aromatic heterocycles. The molecule has 0 atom stereocenters. The summed E-state index contributed by atoms with van der Waals surface area (Å²) in [5, 5.41) is 18.7. The number of hydrogen-bond acceptors (Lipinski definition) is 4. The van der Waals surface area contributed by atoms with Gasteiger partial charge in [-0.1, -0.05) is 0 Å². The molecule has 0 aliphatic carbocycles. The average Bonchev–Trinajstić information content (AvgIpc) is 2.17. The van der Waals surface area contributed by atoms with Crippen LogP contribution in [0.2, 0.25) is 0 Å². The van der Waals surface area contributed by atoms with Crippen molar-refractivity contribution >= 4 is 6.21 Å². The molecular formula is C8H10N2O2. The summed E-state index contributed by atoms with van der Waals surface area (Å²) in [4.78, 5) is 0. The maximum absolute atomic E-state index is 9.09. The topological polar surface area (TPSA) is 65.3 Å². The van der Waals surface area contributed by atoms with Crippen LogP contribution in [0.1, 0.15) is 0 Å². The Kier molecular flexibility index (Phi) is 2.53. The van der Waals surface area contributed by atoms with Gasteiger partial charge < -0.3 is 20.6 Å². The van der Waals surface area contributed by atoms with Crippen molar-refractivity contribution in [2.75, 3.05) is 7.11 Å². The summed E-state index contributed by atoms with van der Waals surface area (Å²) in [6.07, 6.45) is 5.82. The van der Waals surface area contributed by atoms with Crippen molar-refractivity contribution < 1.29 is 9.84 Å². The Morgan fingerprint density at radius 1 is 1.67 bits per heavy atom. The molecule has 0 aromatic carbocycles. The van der Waals surface area contributed by atoms with Crippen LogP contribution in [0.15, 0.2) is 35.6 Å². The Balaban J connectivity index is 2.78. The fraction of sp³-hybridized carbons (Fsp3) is 0.125. The molecule has 0 bridgehead atoms. The second-order valence-electron chi connectivity index (χ2n) is 2.17. The number of dihydropyridines is 1. The third kappa shape index (κ3) is 1.66. The second kappa shape index (κ2) is 3.61. The summed E-state index contributed by atoms with van der Waals surface area (Å²) in [6.45, 7) is 0. The van der Waals surface area contributed by atoms with Crippen LogP contribution in [0.5, 0.6) is 0 Å². The number of hydrogen-bond donors (Lipinski definition) is 3. The standard InChI is InChI=1S/C8H10N2O2/c1-12-6-2-3-7(10-5-6)8(11)4-9/h2-5,9-11H,1H3/b8-7+,9-4?. The number of rotatable bonds is 2. The molecule has 1 rings (SSSR count). The van der Waals surface area contributed by atoms with Gasteiger partial charge in [0.1, 0.15) is 5.76 Å². The van der Waals surface area contributed by atoms with Gasteiger partial charge in [0.25, 0.3) is 0 Å². The fourth-order valence-corrected chi connectivity index (χ4v) is 0.775. The van der Waals surface area contributed by atoms with Crippen molar-refractivity contribution in [3.8, 4) is 0 Å². The molecule has 0 amide bonds. The fourth-order valence-electron chi connectivity index (χ4n) is 0.775. The maximum Gasteiger partial charge on any atom is 0.156 e. The van der Waals surface area contributed by atoms with Crippen LogP contribution >= 0.6 is 0 Å². The summed E-state index contributed by atoms with van der Waals surface area (Å²) in [6, 6.07) is 0. The normalized spacial score (nSPS) is 19.2. The summed E-state index contributed by atoms with van der Waals surface area (Å²) in [7, 11) is 1.56. The molecule has 0 aromatic rings. The van der Waals surface area contributed by atoms with Crippen LogP contribution in [0.4, 0.5) is 0 Å². The van der Waals surface area contributed by atoms with Crippen molar-refractivity contribution in [2.45, 2.75) is 0 Å². The van der Waals surface area contributed by atoms with Gasteiger partial charge in [-0.3, -0.25) is 0 Å². The van der Waals surface area contributed by atoms with Crippen molar-refractivity contribution in [2.24, 2.45) is 0 Å². The lowest BCUT2D eigenvalue weighted by atomic mass is 10.2. The molecule has 1 aliphatic heterocycles. The molecule has 4 nitrogen and oxygen atoms in total. The number of ether oxygens (including phenoxy) is 1. The summed E-state index contributed by atoms with van der Waals surface area (Å²) in [5.41, 5.74) is 0.491. The molecule has 0 radical (unpaired) electrons. The van der Waals surface area contributed by atoms with Crippen LogP contribution in [0.25, 0.3) is 0 Å². The van der Waals surface area contributed by atoms with Crippen LogP contribution in [-0.2, 0) is 4.74 Å². The Morgan fingerprint density at radius 3 is 2.83 bits per heavy atom. The van der Waals surface area contributed by atoms with E-state index in [1.54, 1.807) is 25.5 Å². The Morgan fingerprint density at radius 2 is 2.42 bits per heavy atom. The van der Waals surface area contributed by atoms with Crippen molar-refractivity contribution in [3.05, 3.63) is 35.6 Å². The van der Waals surface area contributed by atoms with E-state index in [-0.39, 0.29) is 5.76 Å². The molecule has 0 saturated heterocycles. The van der Waals surface area contributed by atoms with Crippen LogP contribution in [0, 0.1) is 5.41 Å². The van der Waals surface area contributed by atoms with Gasteiger partial charge in [-0.25, -0.2) is 0 Å². The highest BCUT2D eigenvalue weighted by molar-refractivity contribution is 5.74. The van der Waals surface area contributed by atoms with E-state index >= 15 is 0 Å². The van der Waals surface area contributed by atoms with E-state index in [2.05, 4.69) is 5.32 Å². The maximum atomic E-state index is 9.09. The Labute approximate surface area is 70.4 Å². The Hall–Kier alpha value is -1.71. The molecule has 12 heavy (non-hydrogen) atoms. The molecule has 3 N–H and O–H groups in total. The lowest BCUT2D eigenvalue weighted by molar-refractivity contribution is 0.303. The summed E-state index contributed by atoms with van der Waals surface area (Å²) in [5.74, 6) is 0.578. The predicted octanol–water partition coefficient (Wildman–Crippen LogP) is 1.05. The molecule has 4 heteroatoms. The molecule has 64 valence electrons. The zero-order valence-corrected chi connectivity index (χ0v) is 6.66. The van der Waals surface area contributed by atoms with Gasteiger partial charge in [0.15, 0.2) is 5.76 Å². The van der Waals surface area contributed by atoms with Gasteiger partial charge in [-0.15, -0.1) is 0 Å². The highest BCUT2D eigenvalue weighted by Gasteiger charge is 2.03. The van der Waals surface area contributed by atoms with E-state index in [0.717, 1.165) is 6.21 Å². The van der Waals surface area contributed by atoms with Gasteiger partial charge in [0.2, 0.25) is 0 Å². The molecule has 0 spiro atoms. The first-order valence-electron chi connectivity index (χ1n) is 3.40. The summed E-state index contributed by atoms with van der Waals surface area (Å²) < 4.78 is 4.90. The monoisotopic (exact) mass is 166 g/mol. The number of aliphatic hydroxyl groups excluding tert-OH is 1. The van der Waals surface area contributed by atoms with Crippen LogP contribution in [-0.4, -0.2) is 18.4 Å². The number of aliphatic hydroxyl groups is 1. The minimum absolute atomic E-state index is 0.0994. The van der Waals surface area contributed by atoms with Gasteiger partial charge in [0, 0.05) is 6.20 Å². The van der Waals surface area contributed by atoms with E-state index < -0.39 is 0 Å². The third-order valence-corrected chi connectivity index (χ3v) is 1.43. The van der Waals surface area contributed by atoms with Gasteiger partial charge >= 0.3 is 0 Å². The zero-order valence-electron chi connectivity index (χ0n) is 6.66. The number of methoxy groups -OCH3 is 1. The van der Waals surface area contributed by atoms with Crippen LogP contribution < -0.4 is 5.32 Å². The highest BCUT2D eigenvalue weighted by atomic mass is 16.5. The molecule has 1 aliphatic rings. The number of allylic oxidation sites excluding steroid dienone is 3. The molecule has 0 fully saturated rings. The van der Waals surface area contributed by atoms with Gasteiger partial charge in [0.05, 0.1) is 19.0 Å². The SMILES string of the molecule is COC1=CN/C(=C(/O)C=N)C=C1. The lowest BCUT2D eigenvalue weighted by Crippen LogP contribution is -2.11. The van der Waals surface area contributed by atoms with E-state index in [4.69, 9.17) is 15.3 Å². The minimum Gasteiger partial charge on any atom is -0.504 e. The molecular weight excluding hydrogens is 156 g/mol. The van der Waals surface area contributed by atoms with E-state index in [1.165, 1.54) is 0 Å². The largest absolute Gasteiger partial charge is 0.504 e. The van der Waals surface area contributed by atoms with Crippen molar-refractivity contribution in [1.82, 2.24) is 5.32 Å². The second-order valence-corrected chi connectivity index (χ2v) is 2.17. The first-order valence-corrected chi connectivity index (χ1v) is 3.40. The minimum atomic E-state index is -0.0994. The van der Waals surface area contributed by atoms with Crippen LogP contribution in [0.3, 0.4) is 0 Å². The molecule has 0 saturated carbocycles.